The Labute approximate surface area is 111 Å². The van der Waals surface area contributed by atoms with Crippen LogP contribution >= 0.6 is 15.9 Å². The summed E-state index contributed by atoms with van der Waals surface area (Å²) >= 11 is 3.30. The summed E-state index contributed by atoms with van der Waals surface area (Å²) < 4.78 is 5.89. The van der Waals surface area contributed by atoms with Crippen LogP contribution in [-0.2, 0) is 4.79 Å². The summed E-state index contributed by atoms with van der Waals surface area (Å²) in [5.41, 5.74) is -0.293. The molecule has 0 radical (unpaired) electrons. The topological polar surface area (TPSA) is 67.5 Å². The summed E-state index contributed by atoms with van der Waals surface area (Å²) in [6.45, 7) is 1.29. The van der Waals surface area contributed by atoms with Gasteiger partial charge in [-0.05, 0) is 31.2 Å². The summed E-state index contributed by atoms with van der Waals surface area (Å²) in [6.07, 6.45) is 0.982. The second-order valence-electron chi connectivity index (χ2n) is 3.77. The van der Waals surface area contributed by atoms with Gasteiger partial charge in [-0.2, -0.15) is 0 Å². The van der Waals surface area contributed by atoms with E-state index < -0.39 is 11.4 Å². The lowest BCUT2D eigenvalue weighted by Crippen LogP contribution is -2.07. The number of halogens is 1. The lowest BCUT2D eigenvalue weighted by atomic mass is 10.1. The van der Waals surface area contributed by atoms with E-state index in [4.69, 9.17) is 4.42 Å². The van der Waals surface area contributed by atoms with E-state index in [1.54, 1.807) is 18.2 Å². The monoisotopic (exact) mass is 308 g/mol. The first-order chi connectivity index (χ1) is 8.47. The maximum atomic E-state index is 11.7. The second kappa shape index (κ2) is 4.78. The predicted molar refractivity (Wildman–Crippen MR) is 71.5 cm³/mol. The molecule has 1 aromatic carbocycles. The molecule has 92 valence electrons. The number of benzene rings is 1. The number of rotatable bonds is 2. The molecule has 0 atom stereocenters. The van der Waals surface area contributed by atoms with Crippen LogP contribution in [0.5, 0.6) is 0 Å². The van der Waals surface area contributed by atoms with Crippen molar-refractivity contribution in [1.82, 2.24) is 0 Å². The molecule has 18 heavy (non-hydrogen) atoms. The molecule has 0 saturated heterocycles. The first kappa shape index (κ1) is 12.6. The van der Waals surface area contributed by atoms with Gasteiger partial charge in [0.1, 0.15) is 16.9 Å². The van der Waals surface area contributed by atoms with Crippen LogP contribution in [0.15, 0.2) is 44.0 Å². The molecule has 1 aromatic heterocycles. The van der Waals surface area contributed by atoms with Crippen LogP contribution in [0.2, 0.25) is 0 Å². The van der Waals surface area contributed by atoms with Crippen molar-refractivity contribution in [2.45, 2.75) is 6.92 Å². The number of aliphatic hydroxyl groups is 1. The molecular weight excluding hydrogens is 300 g/mol. The fourth-order valence-electron chi connectivity index (χ4n) is 1.54. The molecule has 0 fully saturated rings. The average Bonchev–Trinajstić information content (AvgIpc) is 2.27. The fourth-order valence-corrected chi connectivity index (χ4v) is 1.92. The molecule has 0 amide bonds. The molecule has 1 N–H and O–H groups in total. The van der Waals surface area contributed by atoms with Crippen LogP contribution in [0.25, 0.3) is 16.7 Å². The third-order valence-corrected chi connectivity index (χ3v) is 2.80. The van der Waals surface area contributed by atoms with Gasteiger partial charge in [0, 0.05) is 15.9 Å². The number of ketones is 1. The second-order valence-corrected chi connectivity index (χ2v) is 4.69. The smallest absolute Gasteiger partial charge is 0.347 e. The third kappa shape index (κ3) is 2.51. The van der Waals surface area contributed by atoms with Crippen LogP contribution < -0.4 is 5.63 Å². The lowest BCUT2D eigenvalue weighted by Gasteiger charge is -2.01. The third-order valence-electron chi connectivity index (χ3n) is 2.31. The van der Waals surface area contributed by atoms with Crippen LogP contribution in [0.1, 0.15) is 12.5 Å². The minimum absolute atomic E-state index is 0.0317. The molecule has 1 heterocycles. The molecule has 2 aromatic rings. The summed E-state index contributed by atoms with van der Waals surface area (Å²) in [4.78, 5) is 22.5. The normalized spacial score (nSPS) is 11.8. The van der Waals surface area contributed by atoms with Crippen LogP contribution in [0.3, 0.4) is 0 Å². The number of carbonyl (C=O) groups is 1. The van der Waals surface area contributed by atoms with Crippen LogP contribution in [0.4, 0.5) is 0 Å². The van der Waals surface area contributed by atoms with Crippen molar-refractivity contribution in [3.8, 4) is 0 Å². The highest BCUT2D eigenvalue weighted by Gasteiger charge is 2.10. The number of allylic oxidation sites excluding steroid dienone is 1. The highest BCUT2D eigenvalue weighted by Crippen LogP contribution is 2.21. The maximum Gasteiger partial charge on any atom is 0.347 e. The van der Waals surface area contributed by atoms with Gasteiger partial charge in [-0.1, -0.05) is 15.9 Å². The Kier molecular flexibility index (Phi) is 3.34. The zero-order chi connectivity index (χ0) is 13.3. The Morgan fingerprint density at radius 3 is 2.78 bits per heavy atom. The van der Waals surface area contributed by atoms with Crippen molar-refractivity contribution in [2.75, 3.05) is 0 Å². The average molecular weight is 309 g/mol. The Hall–Kier alpha value is -1.88. The molecule has 0 bridgehead atoms. The largest absolute Gasteiger partial charge is 0.507 e. The van der Waals surface area contributed by atoms with Gasteiger partial charge in [0.05, 0.1) is 0 Å². The van der Waals surface area contributed by atoms with Gasteiger partial charge >= 0.3 is 5.63 Å². The fraction of sp³-hybridized carbons (Fsp3) is 0.0769. The molecule has 0 spiro atoms. The lowest BCUT2D eigenvalue weighted by molar-refractivity contribution is -0.112. The quantitative estimate of drug-likeness (QED) is 0.526. The maximum absolute atomic E-state index is 11.7. The van der Waals surface area contributed by atoms with Gasteiger partial charge in [-0.15, -0.1) is 0 Å². The number of carbonyl (C=O) groups excluding carboxylic acids is 1. The van der Waals surface area contributed by atoms with Gasteiger partial charge < -0.3 is 9.52 Å². The van der Waals surface area contributed by atoms with Crippen molar-refractivity contribution >= 4 is 38.4 Å². The molecule has 0 aliphatic carbocycles. The standard InChI is InChI=1S/C13H9BrO4/c1-7(15)4-11(16)10-6-8-5-9(14)2-3-12(8)18-13(10)17/h2-6,16H,1H3/b11-4-. The Morgan fingerprint density at radius 1 is 1.39 bits per heavy atom. The Balaban J connectivity index is 2.69. The summed E-state index contributed by atoms with van der Waals surface area (Å²) in [5, 5.41) is 10.3. The van der Waals surface area contributed by atoms with E-state index in [0.717, 1.165) is 10.5 Å². The predicted octanol–water partition coefficient (Wildman–Crippen LogP) is 3.04. The van der Waals surface area contributed by atoms with Gasteiger partial charge in [-0.3, -0.25) is 4.79 Å². The van der Waals surface area contributed by atoms with E-state index in [9.17, 15) is 14.7 Å². The van der Waals surface area contributed by atoms with E-state index in [1.165, 1.54) is 13.0 Å². The van der Waals surface area contributed by atoms with Crippen LogP contribution in [0, 0.1) is 0 Å². The van der Waals surface area contributed by atoms with Crippen molar-refractivity contribution in [2.24, 2.45) is 0 Å². The molecule has 5 heteroatoms. The number of fused-ring (bicyclic) bond motifs is 1. The Morgan fingerprint density at radius 2 is 2.11 bits per heavy atom. The molecular formula is C13H9BrO4. The summed E-state index contributed by atoms with van der Waals surface area (Å²) in [7, 11) is 0. The van der Waals surface area contributed by atoms with Crippen molar-refractivity contribution < 1.29 is 14.3 Å². The zero-order valence-corrected chi connectivity index (χ0v) is 11.0. The van der Waals surface area contributed by atoms with E-state index in [0.29, 0.717) is 11.0 Å². The highest BCUT2D eigenvalue weighted by molar-refractivity contribution is 9.10. The van der Waals surface area contributed by atoms with Crippen molar-refractivity contribution in [3.63, 3.8) is 0 Å². The minimum Gasteiger partial charge on any atom is -0.507 e. The molecule has 0 aliphatic rings. The van der Waals surface area contributed by atoms with E-state index in [2.05, 4.69) is 15.9 Å². The molecule has 0 unspecified atom stereocenters. The SMILES string of the molecule is CC(=O)/C=C(\O)c1cc2cc(Br)ccc2oc1=O. The van der Waals surface area contributed by atoms with Gasteiger partial charge in [0.2, 0.25) is 0 Å². The van der Waals surface area contributed by atoms with Gasteiger partial charge in [0.15, 0.2) is 5.78 Å². The molecule has 2 rings (SSSR count). The van der Waals surface area contributed by atoms with Crippen molar-refractivity contribution in [1.29, 1.82) is 0 Å². The van der Waals surface area contributed by atoms with E-state index in [-0.39, 0.29) is 11.3 Å². The summed E-state index contributed by atoms with van der Waals surface area (Å²) in [5.74, 6) is -0.737. The molecule has 0 saturated carbocycles. The van der Waals surface area contributed by atoms with Crippen molar-refractivity contribution in [3.05, 3.63) is 50.8 Å². The van der Waals surface area contributed by atoms with E-state index in [1.807, 2.05) is 0 Å². The van der Waals surface area contributed by atoms with Crippen LogP contribution in [-0.4, -0.2) is 10.9 Å². The van der Waals surface area contributed by atoms with Gasteiger partial charge in [-0.25, -0.2) is 4.79 Å². The molecule has 4 nitrogen and oxygen atoms in total. The number of aliphatic hydroxyl groups excluding tert-OH is 1. The molecule has 0 aliphatic heterocycles. The summed E-state index contributed by atoms with van der Waals surface area (Å²) in [6, 6.07) is 6.63. The van der Waals surface area contributed by atoms with E-state index >= 15 is 0 Å². The highest BCUT2D eigenvalue weighted by atomic mass is 79.9. The number of hydrogen-bond donors (Lipinski definition) is 1. The van der Waals surface area contributed by atoms with Gasteiger partial charge in [0.25, 0.3) is 0 Å². The first-order valence-corrected chi connectivity index (χ1v) is 5.91. The Bertz CT molecular complexity index is 712. The zero-order valence-electron chi connectivity index (χ0n) is 9.44. The number of hydrogen-bond acceptors (Lipinski definition) is 4. The first-order valence-electron chi connectivity index (χ1n) is 5.12. The minimum atomic E-state index is -0.681.